The molecule has 0 atom stereocenters. The Balaban J connectivity index is 0.000000156. The van der Waals surface area contributed by atoms with Crippen LogP contribution in [0.1, 0.15) is 94.6 Å². The number of benzene rings is 13. The Labute approximate surface area is 869 Å². The van der Waals surface area contributed by atoms with Gasteiger partial charge in [-0.25, -0.2) is 15.0 Å². The summed E-state index contributed by atoms with van der Waals surface area (Å²) in [6.07, 6.45) is 9.84. The molecule has 4 heterocycles. The minimum atomic E-state index is -4.45. The van der Waals surface area contributed by atoms with Gasteiger partial charge in [0.1, 0.15) is 57.0 Å². The smallest absolute Gasteiger partial charge is 0.416 e. The third kappa shape index (κ3) is 31.0. The number of hydrogen-bond acceptors (Lipinski definition) is 23. The topological polar surface area (TPSA) is 397 Å². The summed E-state index contributed by atoms with van der Waals surface area (Å²) in [4.78, 5) is 51.2. The van der Waals surface area contributed by atoms with Gasteiger partial charge in [-0.2, -0.15) is 33.8 Å². The van der Waals surface area contributed by atoms with E-state index in [0.29, 0.717) is 101 Å². The van der Waals surface area contributed by atoms with Gasteiger partial charge in [0, 0.05) is 106 Å². The van der Waals surface area contributed by atoms with Crippen molar-refractivity contribution in [3.8, 4) is 52.1 Å². The van der Waals surface area contributed by atoms with Gasteiger partial charge in [0.15, 0.2) is 12.6 Å². The van der Waals surface area contributed by atoms with Crippen molar-refractivity contribution in [3.05, 3.63) is 377 Å². The second-order valence-electron chi connectivity index (χ2n) is 30.5. The third-order valence-electron chi connectivity index (χ3n) is 19.5. The number of H-pyrrole nitrogens is 2. The van der Waals surface area contributed by atoms with E-state index in [1.807, 2.05) is 176 Å². The number of aliphatic imine (C=N–C) groups is 7. The number of hydrogen-bond donors (Lipinski definition) is 9. The average molecular weight is 2380 g/mol. The fraction of sp³-hybridized carbons (Fsp3) is 0.0980. The van der Waals surface area contributed by atoms with Gasteiger partial charge in [-0.05, 0) is 399 Å². The number of fused-ring (bicyclic) bond motifs is 3. The number of phenolic OH excluding ortho intramolecular Hbond substituents is 7. The van der Waals surface area contributed by atoms with Gasteiger partial charge in [0.05, 0.1) is 122 Å². The normalized spacial score (nSPS) is 11.7. The Morgan fingerprint density at radius 3 is 1.21 bits per heavy atom. The third-order valence-corrected chi connectivity index (χ3v) is 24.3. The molecule has 0 spiro atoms. The molecule has 0 fully saturated rings. The first-order valence-electron chi connectivity index (χ1n) is 41.2. The van der Waals surface area contributed by atoms with E-state index in [1.54, 1.807) is 98.2 Å². The predicted octanol–water partition coefficient (Wildman–Crippen LogP) is 30.0. The molecule has 16 aromatic rings. The lowest BCUT2D eigenvalue weighted by molar-refractivity contribution is -0.384. The number of non-ortho nitro benzene ring substituents is 1. The van der Waals surface area contributed by atoms with Crippen molar-refractivity contribution >= 4 is 246 Å². The summed E-state index contributed by atoms with van der Waals surface area (Å²) in [6, 6.07) is 64.0. The molecular weight excluding hydrogens is 2300 g/mol. The molecule has 1 aliphatic rings. The number of ether oxygens (including phenoxy) is 2. The van der Waals surface area contributed by atoms with Gasteiger partial charge >= 0.3 is 6.18 Å². The van der Waals surface area contributed by atoms with Crippen LogP contribution in [0.4, 0.5) is 58.8 Å². The molecule has 712 valence electrons. The van der Waals surface area contributed by atoms with Gasteiger partial charge in [-0.15, -0.1) is 0 Å². The average Bonchev–Trinajstić information content (AvgIpc) is 1.61. The Morgan fingerprint density at radius 1 is 0.429 bits per heavy atom. The maximum absolute atomic E-state index is 12.6. The second-order valence-corrected chi connectivity index (χ2v) is 37.3. The van der Waals surface area contributed by atoms with Gasteiger partial charge in [-0.3, -0.25) is 40.1 Å². The molecule has 0 unspecified atom stereocenters. The molecule has 38 heteroatoms. The molecule has 1 aliphatic heterocycles. The predicted molar refractivity (Wildman–Crippen MR) is 571 cm³/mol. The molecule has 0 saturated heterocycles. The van der Waals surface area contributed by atoms with Crippen LogP contribution >= 0.6 is 135 Å². The van der Waals surface area contributed by atoms with Gasteiger partial charge < -0.3 is 50.2 Å². The molecule has 0 amide bonds. The molecule has 0 bridgehead atoms. The molecule has 0 radical (unpaired) electrons. The second kappa shape index (κ2) is 50.4. The van der Waals surface area contributed by atoms with Gasteiger partial charge in [0.25, 0.3) is 5.69 Å². The van der Waals surface area contributed by atoms with Crippen molar-refractivity contribution in [1.82, 2.24) is 30.4 Å². The van der Waals surface area contributed by atoms with Crippen LogP contribution in [0.15, 0.2) is 297 Å². The number of nitrogens with one attached hydrogen (secondary N) is 2. The fourth-order valence-electron chi connectivity index (χ4n) is 12.6. The van der Waals surface area contributed by atoms with Gasteiger partial charge in [-0.1, -0.05) is 29.3 Å². The first-order valence-corrected chi connectivity index (χ1v) is 47.5. The zero-order valence-electron chi connectivity index (χ0n) is 74.5. The minimum Gasteiger partial charge on any atom is -0.506 e. The summed E-state index contributed by atoms with van der Waals surface area (Å²) in [6.45, 7) is 14.4. The quantitative estimate of drug-likeness (QED) is 0.0261. The standard InChI is InChI=1S/C16H14BrNO3.C15H10BrClF3NO.C15H12BrN3O.C15H11BrN2O.C14H10BrClN2O3.C14H11BrN4O.C13H11BrN2O/c1-10-4-11(16(19)14(17)5-10)7-18-13-2-3-15-12(6-13)8-20-9-21-15;1-8-4-9(14(22)11(16)5-8)7-21-13-3-2-10(6-12(13)17)15(18,19)20;1-9-4-10(15(20)12(16)5-9)7-17-11-2-3-13-14(6-11)19-8-18-13;1-10-6-12(15(19)14(16)7-10)9-18-13-4-2-11(8-17)3-5-13;1-8-4-9(14(19)11(15)5-8)7-17-13-3-2-10(18(20)21)6-12(13)16;1-8-4-9(14(20)11(15)5-8)7-16-10-2-3-12-13(6-10)18-19-17-12;1-9-6-10(13(17)11(14)7-9)8-16-12-4-2-3-5-15-12/h2-7,19H,8-9H2,1H3;2-7,22H,1H3;2-8,20H,1H3,(H,18,19);2-7,9,19H,1H3;2-7,19H,1H3;2-7,20H,1H3,(H,17,18,19);2-8,17H,1H3. The van der Waals surface area contributed by atoms with E-state index < -0.39 is 16.7 Å². The number of aromatic amines is 2. The first kappa shape index (κ1) is 107. The Hall–Kier alpha value is -13.5. The number of alkyl halides is 3. The number of aromatic hydroxyl groups is 7. The van der Waals surface area contributed by atoms with Crippen molar-refractivity contribution in [2.45, 2.75) is 61.2 Å². The monoisotopic (exact) mass is 2370 g/mol. The largest absolute Gasteiger partial charge is 0.506 e. The molecule has 26 nitrogen and oxygen atoms in total. The van der Waals surface area contributed by atoms with Crippen LogP contribution < -0.4 is 4.74 Å². The van der Waals surface area contributed by atoms with Gasteiger partial charge in [0.2, 0.25) is 0 Å². The number of rotatable bonds is 15. The lowest BCUT2D eigenvalue weighted by Crippen LogP contribution is -2.10. The lowest BCUT2D eigenvalue weighted by Gasteiger charge is -2.17. The number of nitro benzene ring substituents is 1. The fourth-order valence-corrected chi connectivity index (χ4v) is 17.2. The molecule has 13 aromatic carbocycles. The van der Waals surface area contributed by atoms with Crippen LogP contribution in [-0.2, 0) is 17.5 Å². The van der Waals surface area contributed by atoms with Crippen LogP contribution in [0.2, 0.25) is 10.0 Å². The molecular formula is C102H79Br7Cl2F3N15O11. The SMILES string of the molecule is Cc1cc(Br)c(O)c(C=Nc2ccc(C#N)cc2)c1.Cc1cc(Br)c(O)c(C=Nc2ccc(C(F)(F)F)cc2Cl)c1.Cc1cc(Br)c(O)c(C=Nc2ccc([N+](=O)[O-])cc2Cl)c1.Cc1cc(Br)c(O)c(C=Nc2ccc3c(c2)COCO3)c1.Cc1cc(Br)c(O)c(C=Nc2ccc3n[nH]nc3c2)c1.Cc1cc(Br)c(O)c(C=Nc2ccc3nc[nH]c3c2)c1.Cc1cc(Br)c(O)c(C=Nc2ccccn2)c1. The van der Waals surface area contributed by atoms with Crippen LogP contribution in [0, 0.1) is 69.9 Å². The molecule has 140 heavy (non-hydrogen) atoms. The number of pyridine rings is 1. The van der Waals surface area contributed by atoms with Crippen molar-refractivity contribution in [3.63, 3.8) is 0 Å². The summed E-state index contributed by atoms with van der Waals surface area (Å²) in [5, 5.41) is 99.5. The number of imidazole rings is 1. The number of nitriles is 1. The summed E-state index contributed by atoms with van der Waals surface area (Å²) in [7, 11) is 0. The van der Waals surface area contributed by atoms with E-state index in [1.165, 1.54) is 36.7 Å². The van der Waals surface area contributed by atoms with Crippen LogP contribution in [-0.4, -0.2) is 121 Å². The lowest BCUT2D eigenvalue weighted by atomic mass is 10.1. The molecule has 0 saturated carbocycles. The van der Waals surface area contributed by atoms with E-state index in [0.717, 1.165) is 107 Å². The molecule has 0 aliphatic carbocycles. The van der Waals surface area contributed by atoms with E-state index in [9.17, 15) is 59.0 Å². The number of aromatic nitrogens is 6. The van der Waals surface area contributed by atoms with E-state index in [4.69, 9.17) is 37.9 Å². The van der Waals surface area contributed by atoms with Crippen molar-refractivity contribution in [2.24, 2.45) is 34.9 Å². The zero-order chi connectivity index (χ0) is 101. The van der Waals surface area contributed by atoms with Crippen LogP contribution in [0.25, 0.3) is 22.1 Å². The van der Waals surface area contributed by atoms with E-state index in [-0.39, 0.29) is 61.7 Å². The molecule has 17 rings (SSSR count). The minimum absolute atomic E-state index is 0.00242. The Bertz CT molecular complexity index is 7380. The number of phenols is 7. The maximum Gasteiger partial charge on any atom is 0.416 e. The van der Waals surface area contributed by atoms with Crippen molar-refractivity contribution in [2.75, 3.05) is 6.79 Å². The summed E-state index contributed by atoms with van der Waals surface area (Å²) in [5.41, 5.74) is 19.1. The number of aryl methyl sites for hydroxylation is 7. The van der Waals surface area contributed by atoms with E-state index in [2.05, 4.69) is 183 Å². The maximum atomic E-state index is 12.6. The number of nitro groups is 1. The van der Waals surface area contributed by atoms with Crippen molar-refractivity contribution in [1.29, 1.82) is 5.26 Å². The highest BCUT2D eigenvalue weighted by atomic mass is 79.9. The van der Waals surface area contributed by atoms with Crippen LogP contribution in [0.5, 0.6) is 46.0 Å². The summed E-state index contributed by atoms with van der Waals surface area (Å²) < 4.78 is 52.7. The highest BCUT2D eigenvalue weighted by Crippen LogP contribution is 2.40. The molecule has 9 N–H and O–H groups in total. The van der Waals surface area contributed by atoms with Crippen LogP contribution in [0.3, 0.4) is 0 Å². The first-order chi connectivity index (χ1) is 66.7. The molecule has 3 aromatic heterocycles. The summed E-state index contributed by atoms with van der Waals surface area (Å²) in [5.74, 6) is 2.45. The van der Waals surface area contributed by atoms with E-state index >= 15 is 0 Å². The zero-order valence-corrected chi connectivity index (χ0v) is 87.1. The summed E-state index contributed by atoms with van der Waals surface area (Å²) >= 11 is 34.8. The number of halogens is 12. The highest BCUT2D eigenvalue weighted by molar-refractivity contribution is 9.11. The highest BCUT2D eigenvalue weighted by Gasteiger charge is 2.31. The van der Waals surface area contributed by atoms with Crippen molar-refractivity contribution < 1.29 is 63.3 Å². The number of nitrogens with zero attached hydrogens (tertiary/aromatic N) is 13. The Morgan fingerprint density at radius 2 is 0.807 bits per heavy atom. The Kier molecular flexibility index (Phi) is 38.5.